The van der Waals surface area contributed by atoms with Crippen molar-refractivity contribution in [2.45, 2.75) is 11.8 Å². The minimum Gasteiger partial charge on any atom is -0.302 e. The number of thioether (sulfide) groups is 1. The molecular weight excluding hydrogens is 223 g/mol. The van der Waals surface area contributed by atoms with Crippen LogP contribution < -0.4 is 5.32 Å². The predicted molar refractivity (Wildman–Crippen MR) is 54.1 cm³/mol. The SMILES string of the molecule is Fc1cc(F)c(C2NCCCS2)cc1F. The van der Waals surface area contributed by atoms with Crippen LogP contribution in [0.5, 0.6) is 0 Å². The summed E-state index contributed by atoms with van der Waals surface area (Å²) in [6, 6.07) is 1.53. The number of rotatable bonds is 1. The third-order valence-electron chi connectivity index (χ3n) is 2.26. The number of halogens is 3. The van der Waals surface area contributed by atoms with Gasteiger partial charge in [0.05, 0.1) is 5.37 Å². The second kappa shape index (κ2) is 4.45. The first kappa shape index (κ1) is 10.8. The van der Waals surface area contributed by atoms with Gasteiger partial charge in [0.25, 0.3) is 0 Å². The molecule has 5 heteroatoms. The lowest BCUT2D eigenvalue weighted by molar-refractivity contribution is 0.485. The zero-order valence-corrected chi connectivity index (χ0v) is 8.71. The summed E-state index contributed by atoms with van der Waals surface area (Å²) in [5.41, 5.74) is 0.193. The minimum atomic E-state index is -1.14. The molecule has 15 heavy (non-hydrogen) atoms. The van der Waals surface area contributed by atoms with E-state index in [9.17, 15) is 13.2 Å². The molecule has 1 aromatic carbocycles. The van der Waals surface area contributed by atoms with Crippen molar-refractivity contribution >= 4 is 11.8 Å². The molecule has 1 fully saturated rings. The van der Waals surface area contributed by atoms with Gasteiger partial charge in [-0.15, -0.1) is 11.8 Å². The summed E-state index contributed by atoms with van der Waals surface area (Å²) in [5, 5.41) is 2.79. The van der Waals surface area contributed by atoms with Gasteiger partial charge in [-0.3, -0.25) is 0 Å². The average Bonchev–Trinajstić information content (AvgIpc) is 2.25. The Hall–Kier alpha value is -0.680. The average molecular weight is 233 g/mol. The van der Waals surface area contributed by atoms with Gasteiger partial charge < -0.3 is 5.32 Å². The first-order valence-corrected chi connectivity index (χ1v) is 5.73. The fourth-order valence-corrected chi connectivity index (χ4v) is 2.65. The van der Waals surface area contributed by atoms with Crippen LogP contribution >= 0.6 is 11.8 Å². The first-order valence-electron chi connectivity index (χ1n) is 4.68. The molecule has 0 aromatic heterocycles. The van der Waals surface area contributed by atoms with Gasteiger partial charge in [-0.25, -0.2) is 13.2 Å². The molecule has 1 N–H and O–H groups in total. The highest BCUT2D eigenvalue weighted by molar-refractivity contribution is 7.99. The Balaban J connectivity index is 2.30. The fourth-order valence-electron chi connectivity index (χ4n) is 1.50. The van der Waals surface area contributed by atoms with Gasteiger partial charge in [0, 0.05) is 11.6 Å². The fraction of sp³-hybridized carbons (Fsp3) is 0.400. The molecule has 0 bridgehead atoms. The maximum Gasteiger partial charge on any atom is 0.161 e. The smallest absolute Gasteiger partial charge is 0.161 e. The van der Waals surface area contributed by atoms with E-state index in [2.05, 4.69) is 5.32 Å². The highest BCUT2D eigenvalue weighted by Gasteiger charge is 2.20. The van der Waals surface area contributed by atoms with Gasteiger partial charge in [0.2, 0.25) is 0 Å². The van der Waals surface area contributed by atoms with Gasteiger partial charge in [0.1, 0.15) is 5.82 Å². The Morgan fingerprint density at radius 1 is 1.13 bits per heavy atom. The van der Waals surface area contributed by atoms with Gasteiger partial charge >= 0.3 is 0 Å². The van der Waals surface area contributed by atoms with Crippen LogP contribution in [0.2, 0.25) is 0 Å². The maximum absolute atomic E-state index is 13.4. The molecule has 1 saturated heterocycles. The van der Waals surface area contributed by atoms with Crippen LogP contribution in [0, 0.1) is 17.5 Å². The molecule has 1 unspecified atom stereocenters. The molecular formula is C10H10F3NS. The number of hydrogen-bond donors (Lipinski definition) is 1. The molecule has 2 rings (SSSR count). The van der Waals surface area contributed by atoms with Crippen molar-refractivity contribution in [3.63, 3.8) is 0 Å². The highest BCUT2D eigenvalue weighted by atomic mass is 32.2. The molecule has 1 aromatic rings. The molecule has 1 aliphatic heterocycles. The standard InChI is InChI=1S/C10H10F3NS/c11-7-5-9(13)8(12)4-6(7)10-14-2-1-3-15-10/h4-5,10,14H,1-3H2. The van der Waals surface area contributed by atoms with Crippen LogP contribution in [-0.4, -0.2) is 12.3 Å². The van der Waals surface area contributed by atoms with E-state index in [1.807, 2.05) is 0 Å². The number of hydrogen-bond acceptors (Lipinski definition) is 2. The third-order valence-corrected chi connectivity index (χ3v) is 3.54. The van der Waals surface area contributed by atoms with Crippen molar-refractivity contribution in [1.29, 1.82) is 0 Å². The van der Waals surface area contributed by atoms with Crippen molar-refractivity contribution in [1.82, 2.24) is 5.32 Å². The minimum absolute atomic E-state index is 0.193. The van der Waals surface area contributed by atoms with E-state index in [1.165, 1.54) is 11.8 Å². The summed E-state index contributed by atoms with van der Waals surface area (Å²) in [6.45, 7) is 0.774. The lowest BCUT2D eigenvalue weighted by Crippen LogP contribution is -2.26. The highest BCUT2D eigenvalue weighted by Crippen LogP contribution is 2.31. The Labute approximate surface area is 90.1 Å². The zero-order valence-electron chi connectivity index (χ0n) is 7.90. The molecule has 1 aliphatic rings. The summed E-state index contributed by atoms with van der Waals surface area (Å²) in [6.07, 6.45) is 1.01. The summed E-state index contributed by atoms with van der Waals surface area (Å²) >= 11 is 1.50. The van der Waals surface area contributed by atoms with Crippen LogP contribution in [0.1, 0.15) is 17.4 Å². The Morgan fingerprint density at radius 2 is 1.87 bits per heavy atom. The van der Waals surface area contributed by atoms with E-state index in [0.29, 0.717) is 6.07 Å². The van der Waals surface area contributed by atoms with Crippen molar-refractivity contribution in [3.05, 3.63) is 35.1 Å². The first-order chi connectivity index (χ1) is 7.18. The molecule has 1 heterocycles. The van der Waals surface area contributed by atoms with Crippen LogP contribution in [0.3, 0.4) is 0 Å². The monoisotopic (exact) mass is 233 g/mol. The summed E-state index contributed by atoms with van der Waals surface area (Å²) in [5.74, 6) is -1.94. The van der Waals surface area contributed by atoms with Crippen molar-refractivity contribution in [2.24, 2.45) is 0 Å². The van der Waals surface area contributed by atoms with Crippen LogP contribution in [0.25, 0.3) is 0 Å². The van der Waals surface area contributed by atoms with Gasteiger partial charge in [-0.1, -0.05) is 0 Å². The third kappa shape index (κ3) is 2.29. The number of benzene rings is 1. The zero-order chi connectivity index (χ0) is 10.8. The van der Waals surface area contributed by atoms with E-state index in [4.69, 9.17) is 0 Å². The largest absolute Gasteiger partial charge is 0.302 e. The van der Waals surface area contributed by atoms with Crippen LogP contribution in [0.4, 0.5) is 13.2 Å². The van der Waals surface area contributed by atoms with E-state index >= 15 is 0 Å². The normalized spacial score (nSPS) is 21.7. The molecule has 82 valence electrons. The topological polar surface area (TPSA) is 12.0 Å². The predicted octanol–water partition coefficient (Wildman–Crippen LogP) is 2.83. The molecule has 1 atom stereocenters. The van der Waals surface area contributed by atoms with E-state index in [-0.39, 0.29) is 10.9 Å². The van der Waals surface area contributed by atoms with E-state index in [0.717, 1.165) is 24.8 Å². The lowest BCUT2D eigenvalue weighted by atomic mass is 10.2. The van der Waals surface area contributed by atoms with E-state index in [1.54, 1.807) is 0 Å². The summed E-state index contributed by atoms with van der Waals surface area (Å²) in [7, 11) is 0. The molecule has 0 saturated carbocycles. The van der Waals surface area contributed by atoms with Gasteiger partial charge in [-0.05, 0) is 24.8 Å². The van der Waals surface area contributed by atoms with Crippen LogP contribution in [0.15, 0.2) is 12.1 Å². The summed E-state index contributed by atoms with van der Waals surface area (Å²) in [4.78, 5) is 0. The van der Waals surface area contributed by atoms with Gasteiger partial charge in [0.15, 0.2) is 11.6 Å². The molecule has 0 amide bonds. The number of nitrogens with one attached hydrogen (secondary N) is 1. The quantitative estimate of drug-likeness (QED) is 0.748. The molecule has 1 nitrogen and oxygen atoms in total. The van der Waals surface area contributed by atoms with Gasteiger partial charge in [-0.2, -0.15) is 0 Å². The van der Waals surface area contributed by atoms with Crippen molar-refractivity contribution in [3.8, 4) is 0 Å². The van der Waals surface area contributed by atoms with Crippen LogP contribution in [-0.2, 0) is 0 Å². The van der Waals surface area contributed by atoms with Crippen molar-refractivity contribution < 1.29 is 13.2 Å². The maximum atomic E-state index is 13.4. The molecule has 0 spiro atoms. The second-order valence-electron chi connectivity index (χ2n) is 3.35. The second-order valence-corrected chi connectivity index (χ2v) is 4.56. The molecule has 0 radical (unpaired) electrons. The Morgan fingerprint density at radius 3 is 2.53 bits per heavy atom. The summed E-state index contributed by atoms with van der Waals surface area (Å²) < 4.78 is 39.0. The van der Waals surface area contributed by atoms with Crippen molar-refractivity contribution in [2.75, 3.05) is 12.3 Å². The Bertz CT molecular complexity index is 364. The van der Waals surface area contributed by atoms with E-state index < -0.39 is 17.5 Å². The lowest BCUT2D eigenvalue weighted by Gasteiger charge is -2.23. The molecule has 0 aliphatic carbocycles. The Kier molecular flexibility index (Phi) is 3.21.